The van der Waals surface area contributed by atoms with E-state index in [9.17, 15) is 28.3 Å². The Morgan fingerprint density at radius 2 is 1.76 bits per heavy atom. The van der Waals surface area contributed by atoms with Crippen molar-refractivity contribution in [2.75, 3.05) is 26.2 Å². The first-order valence-corrected chi connectivity index (χ1v) is 14.4. The van der Waals surface area contributed by atoms with E-state index in [2.05, 4.69) is 23.6 Å². The normalized spacial score (nSPS) is 17.1. The molecule has 0 bridgehead atoms. The van der Waals surface area contributed by atoms with Gasteiger partial charge in [-0.25, -0.2) is 8.78 Å². The highest BCUT2D eigenvalue weighted by Crippen LogP contribution is 2.17. The molecule has 0 aliphatic carbocycles. The fourth-order valence-corrected chi connectivity index (χ4v) is 5.15. The zero-order valence-corrected chi connectivity index (χ0v) is 24.2. The molecule has 1 aliphatic heterocycles. The van der Waals surface area contributed by atoms with Crippen LogP contribution in [0.25, 0.3) is 0 Å². The molecule has 3 amide bonds. The number of benzene rings is 2. The fourth-order valence-electron chi connectivity index (χ4n) is 5.15. The summed E-state index contributed by atoms with van der Waals surface area (Å²) >= 11 is 0. The summed E-state index contributed by atoms with van der Waals surface area (Å²) in [6, 6.07) is 9.58. The molecule has 2 aromatic carbocycles. The van der Waals surface area contributed by atoms with E-state index < -0.39 is 35.7 Å². The van der Waals surface area contributed by atoms with E-state index in [1.165, 1.54) is 10.5 Å². The zero-order chi connectivity index (χ0) is 29.9. The Balaban J connectivity index is 1.68. The molecule has 3 rings (SSSR count). The Hall–Kier alpha value is -3.37. The molecule has 41 heavy (non-hydrogen) atoms. The maximum absolute atomic E-state index is 13.9. The van der Waals surface area contributed by atoms with Crippen LogP contribution in [0, 0.1) is 11.6 Å². The summed E-state index contributed by atoms with van der Waals surface area (Å²) in [7, 11) is 0. The third-order valence-corrected chi connectivity index (χ3v) is 7.36. The summed E-state index contributed by atoms with van der Waals surface area (Å²) in [6.45, 7) is 6.42. The van der Waals surface area contributed by atoms with Crippen LogP contribution >= 0.6 is 0 Å². The average molecular weight is 573 g/mol. The SMILES string of the molecule is CCCCN1C(=O)CN(CC(=O)N[C@@H](Cc2cc(F)cc(F)c2)[C@@H](O)CNCc2cccc(CC)c2)C(=O)[C@@H]1CC. The van der Waals surface area contributed by atoms with Crippen molar-refractivity contribution < 1.29 is 28.3 Å². The lowest BCUT2D eigenvalue weighted by molar-refractivity contribution is -0.157. The second kappa shape index (κ2) is 15.6. The number of piperazine rings is 1. The second-order valence-electron chi connectivity index (χ2n) is 10.6. The van der Waals surface area contributed by atoms with E-state index in [0.29, 0.717) is 19.5 Å². The number of halogens is 2. The lowest BCUT2D eigenvalue weighted by Crippen LogP contribution is -2.61. The van der Waals surface area contributed by atoms with Crippen LogP contribution in [0.4, 0.5) is 8.78 Å². The predicted octanol–water partition coefficient (Wildman–Crippen LogP) is 2.95. The first kappa shape index (κ1) is 32.1. The first-order valence-electron chi connectivity index (χ1n) is 14.4. The number of aliphatic hydroxyl groups is 1. The van der Waals surface area contributed by atoms with Gasteiger partial charge in [0.15, 0.2) is 0 Å². The van der Waals surface area contributed by atoms with Crippen LogP contribution in [-0.2, 0) is 33.8 Å². The van der Waals surface area contributed by atoms with Crippen molar-refractivity contribution in [3.63, 3.8) is 0 Å². The van der Waals surface area contributed by atoms with E-state index in [0.717, 1.165) is 43.0 Å². The fraction of sp³-hybridized carbons (Fsp3) is 0.516. The summed E-state index contributed by atoms with van der Waals surface area (Å²) in [5.74, 6) is -2.59. The maximum atomic E-state index is 13.9. The van der Waals surface area contributed by atoms with Gasteiger partial charge >= 0.3 is 0 Å². The van der Waals surface area contributed by atoms with Crippen molar-refractivity contribution in [3.05, 3.63) is 70.8 Å². The highest BCUT2D eigenvalue weighted by atomic mass is 19.1. The second-order valence-corrected chi connectivity index (χ2v) is 10.6. The number of nitrogens with zero attached hydrogens (tertiary/aromatic N) is 2. The van der Waals surface area contributed by atoms with Crippen LogP contribution in [0.5, 0.6) is 0 Å². The molecule has 0 spiro atoms. The van der Waals surface area contributed by atoms with Gasteiger partial charge in [0, 0.05) is 25.7 Å². The number of hydrogen-bond acceptors (Lipinski definition) is 5. The Bertz CT molecular complexity index is 1170. The lowest BCUT2D eigenvalue weighted by Gasteiger charge is -2.40. The molecule has 1 aliphatic rings. The van der Waals surface area contributed by atoms with Gasteiger partial charge in [-0.3, -0.25) is 14.4 Å². The van der Waals surface area contributed by atoms with Gasteiger partial charge in [0.1, 0.15) is 30.8 Å². The van der Waals surface area contributed by atoms with Crippen LogP contribution < -0.4 is 10.6 Å². The number of aliphatic hydroxyl groups excluding tert-OH is 1. The van der Waals surface area contributed by atoms with Crippen LogP contribution in [0.2, 0.25) is 0 Å². The molecule has 0 radical (unpaired) electrons. The van der Waals surface area contributed by atoms with E-state index >= 15 is 0 Å². The predicted molar refractivity (Wildman–Crippen MR) is 153 cm³/mol. The summed E-state index contributed by atoms with van der Waals surface area (Å²) in [4.78, 5) is 41.9. The molecule has 1 saturated heterocycles. The number of rotatable bonds is 15. The third-order valence-electron chi connectivity index (χ3n) is 7.36. The van der Waals surface area contributed by atoms with Gasteiger partial charge in [0.25, 0.3) is 0 Å². The van der Waals surface area contributed by atoms with Gasteiger partial charge in [-0.15, -0.1) is 0 Å². The van der Waals surface area contributed by atoms with E-state index in [1.807, 2.05) is 32.0 Å². The van der Waals surface area contributed by atoms with Crippen LogP contribution in [-0.4, -0.2) is 77.0 Å². The van der Waals surface area contributed by atoms with Gasteiger partial charge in [-0.2, -0.15) is 0 Å². The first-order chi connectivity index (χ1) is 19.6. The minimum Gasteiger partial charge on any atom is -0.390 e. The maximum Gasteiger partial charge on any atom is 0.246 e. The number of aryl methyl sites for hydroxylation is 1. The standard InChI is InChI=1S/C31H42F2N4O4/c1-4-7-11-37-27(6-3)31(41)36(20-30(37)40)19-29(39)35-26(15-23-13-24(32)16-25(33)14-23)28(38)18-34-17-22-10-8-9-21(5-2)12-22/h8-10,12-14,16,26-28,34,38H,4-7,11,15,17-20H2,1-3H3,(H,35,39)/t26-,27-,28-/m0/s1. The summed E-state index contributed by atoms with van der Waals surface area (Å²) in [6.07, 6.45) is 1.87. The minimum absolute atomic E-state index is 0.0379. The van der Waals surface area contributed by atoms with Crippen molar-refractivity contribution in [3.8, 4) is 0 Å². The topological polar surface area (TPSA) is 102 Å². The van der Waals surface area contributed by atoms with Crippen molar-refractivity contribution in [2.45, 2.75) is 77.6 Å². The molecule has 2 aromatic rings. The number of carbonyl (C=O) groups excluding carboxylic acids is 3. The van der Waals surface area contributed by atoms with Crippen LogP contribution in [0.1, 0.15) is 56.7 Å². The van der Waals surface area contributed by atoms with Crippen LogP contribution in [0.3, 0.4) is 0 Å². The molecule has 1 fully saturated rings. The molecule has 0 unspecified atom stereocenters. The Labute approximate surface area is 241 Å². The molecule has 0 saturated carbocycles. The van der Waals surface area contributed by atoms with Gasteiger partial charge in [-0.05, 0) is 54.5 Å². The van der Waals surface area contributed by atoms with Gasteiger partial charge < -0.3 is 25.5 Å². The number of hydrogen-bond donors (Lipinski definition) is 3. The van der Waals surface area contributed by atoms with E-state index in [1.54, 1.807) is 4.90 Å². The summed E-state index contributed by atoms with van der Waals surface area (Å²) in [5, 5.41) is 16.9. The van der Waals surface area contributed by atoms with Gasteiger partial charge in [0.05, 0.1) is 12.1 Å². The summed E-state index contributed by atoms with van der Waals surface area (Å²) in [5.41, 5.74) is 2.49. The number of nitrogens with one attached hydrogen (secondary N) is 2. The highest BCUT2D eigenvalue weighted by molar-refractivity contribution is 5.97. The van der Waals surface area contributed by atoms with Crippen molar-refractivity contribution in [2.24, 2.45) is 0 Å². The van der Waals surface area contributed by atoms with E-state index in [4.69, 9.17) is 0 Å². The molecule has 3 atom stereocenters. The zero-order valence-electron chi connectivity index (χ0n) is 24.2. The molecular formula is C31H42F2N4O4. The Morgan fingerprint density at radius 3 is 2.41 bits per heavy atom. The molecular weight excluding hydrogens is 530 g/mol. The lowest BCUT2D eigenvalue weighted by atomic mass is 10.00. The molecule has 0 aromatic heterocycles. The number of amides is 3. The van der Waals surface area contributed by atoms with Crippen molar-refractivity contribution in [1.82, 2.24) is 20.4 Å². The summed E-state index contributed by atoms with van der Waals surface area (Å²) < 4.78 is 27.8. The van der Waals surface area contributed by atoms with E-state index in [-0.39, 0.29) is 43.4 Å². The third kappa shape index (κ3) is 9.33. The largest absolute Gasteiger partial charge is 0.390 e. The Morgan fingerprint density at radius 1 is 1.05 bits per heavy atom. The molecule has 8 nitrogen and oxygen atoms in total. The smallest absolute Gasteiger partial charge is 0.246 e. The minimum atomic E-state index is -1.11. The number of carbonyl (C=O) groups is 3. The van der Waals surface area contributed by atoms with Crippen LogP contribution in [0.15, 0.2) is 42.5 Å². The highest BCUT2D eigenvalue weighted by Gasteiger charge is 2.38. The Kier molecular flexibility index (Phi) is 12.2. The van der Waals surface area contributed by atoms with Crippen molar-refractivity contribution >= 4 is 17.7 Å². The molecule has 10 heteroatoms. The van der Waals surface area contributed by atoms with Crippen molar-refractivity contribution in [1.29, 1.82) is 0 Å². The molecule has 1 heterocycles. The molecule has 224 valence electrons. The van der Waals surface area contributed by atoms with Gasteiger partial charge in [0.2, 0.25) is 17.7 Å². The molecule has 3 N–H and O–H groups in total. The van der Waals surface area contributed by atoms with Gasteiger partial charge in [-0.1, -0.05) is 51.5 Å². The number of unbranched alkanes of at least 4 members (excludes halogenated alkanes) is 1. The quantitative estimate of drug-likeness (QED) is 0.305. The average Bonchev–Trinajstić information content (AvgIpc) is 2.93. The monoisotopic (exact) mass is 572 g/mol.